The number of nitrogens with zero attached hydrogens (tertiary/aromatic N) is 3. The first kappa shape index (κ1) is 13.9. The standard InChI is InChI=1S/C15H14BrN3O2/c1-2-9-20-11-5-3-4-6-12(11)21-15-14-17-7-8-19(14)10-13(16)18-15/h3-8,10H,2,9H2,1H3. The van der Waals surface area contributed by atoms with E-state index in [4.69, 9.17) is 9.47 Å². The number of imidazole rings is 1. The van der Waals surface area contributed by atoms with Crippen molar-refractivity contribution in [2.45, 2.75) is 13.3 Å². The lowest BCUT2D eigenvalue weighted by molar-refractivity contribution is 0.301. The Balaban J connectivity index is 1.97. The van der Waals surface area contributed by atoms with Crippen molar-refractivity contribution in [2.75, 3.05) is 6.61 Å². The molecule has 0 saturated carbocycles. The first-order valence-electron chi connectivity index (χ1n) is 6.67. The smallest absolute Gasteiger partial charge is 0.265 e. The van der Waals surface area contributed by atoms with Crippen LogP contribution in [0.2, 0.25) is 0 Å². The maximum atomic E-state index is 5.91. The van der Waals surface area contributed by atoms with Gasteiger partial charge in [-0.15, -0.1) is 0 Å². The maximum Gasteiger partial charge on any atom is 0.265 e. The van der Waals surface area contributed by atoms with E-state index in [9.17, 15) is 0 Å². The number of aromatic nitrogens is 3. The average molecular weight is 348 g/mol. The zero-order valence-electron chi connectivity index (χ0n) is 11.5. The highest BCUT2D eigenvalue weighted by Crippen LogP contribution is 2.32. The minimum Gasteiger partial charge on any atom is -0.490 e. The molecule has 0 aliphatic rings. The molecule has 6 heteroatoms. The van der Waals surface area contributed by atoms with Gasteiger partial charge in [0.1, 0.15) is 4.60 Å². The van der Waals surface area contributed by atoms with Crippen molar-refractivity contribution in [3.63, 3.8) is 0 Å². The molecule has 0 fully saturated rings. The lowest BCUT2D eigenvalue weighted by Crippen LogP contribution is -1.99. The molecule has 0 aliphatic carbocycles. The van der Waals surface area contributed by atoms with Gasteiger partial charge in [0.15, 0.2) is 11.5 Å². The van der Waals surface area contributed by atoms with Gasteiger partial charge in [-0.2, -0.15) is 0 Å². The molecule has 0 radical (unpaired) electrons. The predicted molar refractivity (Wildman–Crippen MR) is 83.0 cm³/mol. The predicted octanol–water partition coefficient (Wildman–Crippen LogP) is 4.07. The summed E-state index contributed by atoms with van der Waals surface area (Å²) < 4.78 is 14.1. The van der Waals surface area contributed by atoms with Gasteiger partial charge >= 0.3 is 0 Å². The molecule has 1 aromatic carbocycles. The van der Waals surface area contributed by atoms with Crippen LogP contribution in [0.1, 0.15) is 13.3 Å². The number of rotatable bonds is 5. The molecular weight excluding hydrogens is 334 g/mol. The summed E-state index contributed by atoms with van der Waals surface area (Å²) in [5.41, 5.74) is 0.656. The van der Waals surface area contributed by atoms with Gasteiger partial charge in [0, 0.05) is 18.6 Å². The Kier molecular flexibility index (Phi) is 4.06. The Morgan fingerprint density at radius 1 is 1.24 bits per heavy atom. The van der Waals surface area contributed by atoms with Crippen LogP contribution in [-0.2, 0) is 0 Å². The summed E-state index contributed by atoms with van der Waals surface area (Å²) in [5.74, 6) is 1.76. The molecule has 108 valence electrons. The van der Waals surface area contributed by atoms with Gasteiger partial charge in [0.2, 0.25) is 5.65 Å². The zero-order chi connectivity index (χ0) is 14.7. The molecule has 0 aliphatic heterocycles. The normalized spacial score (nSPS) is 10.8. The molecule has 3 aromatic rings. The number of benzene rings is 1. The van der Waals surface area contributed by atoms with E-state index in [-0.39, 0.29) is 0 Å². The fourth-order valence-corrected chi connectivity index (χ4v) is 2.29. The largest absolute Gasteiger partial charge is 0.490 e. The van der Waals surface area contributed by atoms with Gasteiger partial charge in [-0.05, 0) is 34.5 Å². The minimum absolute atomic E-state index is 0.432. The van der Waals surface area contributed by atoms with E-state index in [0.29, 0.717) is 34.2 Å². The molecule has 5 nitrogen and oxygen atoms in total. The van der Waals surface area contributed by atoms with E-state index < -0.39 is 0 Å². The Labute approximate surface area is 130 Å². The maximum absolute atomic E-state index is 5.91. The first-order chi connectivity index (χ1) is 10.3. The summed E-state index contributed by atoms with van der Waals surface area (Å²) in [4.78, 5) is 8.61. The Hall–Kier alpha value is -2.08. The van der Waals surface area contributed by atoms with E-state index >= 15 is 0 Å². The Morgan fingerprint density at radius 2 is 2.05 bits per heavy atom. The monoisotopic (exact) mass is 347 g/mol. The highest BCUT2D eigenvalue weighted by Gasteiger charge is 2.12. The highest BCUT2D eigenvalue weighted by molar-refractivity contribution is 9.10. The Morgan fingerprint density at radius 3 is 2.86 bits per heavy atom. The molecule has 2 aromatic heterocycles. The van der Waals surface area contributed by atoms with Crippen molar-refractivity contribution >= 4 is 21.6 Å². The van der Waals surface area contributed by atoms with E-state index in [0.717, 1.165) is 6.42 Å². The summed E-state index contributed by atoms with van der Waals surface area (Å²) in [6, 6.07) is 7.55. The summed E-state index contributed by atoms with van der Waals surface area (Å²) in [7, 11) is 0. The SMILES string of the molecule is CCCOc1ccccc1Oc1nc(Br)cn2ccnc12. The molecule has 0 saturated heterocycles. The van der Waals surface area contributed by atoms with Gasteiger partial charge in [0.25, 0.3) is 5.88 Å². The number of ether oxygens (including phenoxy) is 2. The second-order valence-electron chi connectivity index (χ2n) is 4.42. The molecule has 0 N–H and O–H groups in total. The van der Waals surface area contributed by atoms with Gasteiger partial charge in [-0.25, -0.2) is 9.97 Å². The third-order valence-corrected chi connectivity index (χ3v) is 3.21. The quantitative estimate of drug-likeness (QED) is 0.697. The van der Waals surface area contributed by atoms with E-state index in [1.54, 1.807) is 6.20 Å². The van der Waals surface area contributed by atoms with Crippen LogP contribution in [0.25, 0.3) is 5.65 Å². The molecule has 0 atom stereocenters. The zero-order valence-corrected chi connectivity index (χ0v) is 13.1. The summed E-state index contributed by atoms with van der Waals surface area (Å²) in [6.07, 6.45) is 6.31. The summed E-state index contributed by atoms with van der Waals surface area (Å²) in [6.45, 7) is 2.71. The van der Waals surface area contributed by atoms with Crippen molar-refractivity contribution in [3.05, 3.63) is 47.5 Å². The second kappa shape index (κ2) is 6.13. The first-order valence-corrected chi connectivity index (χ1v) is 7.46. The van der Waals surface area contributed by atoms with Crippen molar-refractivity contribution in [3.8, 4) is 17.4 Å². The molecule has 2 heterocycles. The van der Waals surface area contributed by atoms with E-state index in [1.165, 1.54) is 0 Å². The third-order valence-electron chi connectivity index (χ3n) is 2.83. The van der Waals surface area contributed by atoms with E-state index in [2.05, 4.69) is 32.8 Å². The van der Waals surface area contributed by atoms with Crippen LogP contribution in [0.4, 0.5) is 0 Å². The number of hydrogen-bond acceptors (Lipinski definition) is 4. The molecule has 0 amide bonds. The van der Waals surface area contributed by atoms with Crippen LogP contribution in [-0.4, -0.2) is 21.0 Å². The minimum atomic E-state index is 0.432. The number of hydrogen-bond donors (Lipinski definition) is 0. The van der Waals surface area contributed by atoms with Crippen LogP contribution in [0.15, 0.2) is 47.5 Å². The molecule has 0 spiro atoms. The lowest BCUT2D eigenvalue weighted by Gasteiger charge is -2.11. The van der Waals surface area contributed by atoms with Gasteiger partial charge < -0.3 is 9.47 Å². The van der Waals surface area contributed by atoms with Gasteiger partial charge in [0.05, 0.1) is 6.61 Å². The fourth-order valence-electron chi connectivity index (χ4n) is 1.91. The van der Waals surface area contributed by atoms with Crippen LogP contribution >= 0.6 is 15.9 Å². The molecule has 0 unspecified atom stereocenters. The van der Waals surface area contributed by atoms with Crippen LogP contribution in [0, 0.1) is 0 Å². The summed E-state index contributed by atoms with van der Waals surface area (Å²) in [5, 5.41) is 0. The Bertz CT molecular complexity index is 758. The molecule has 0 bridgehead atoms. The van der Waals surface area contributed by atoms with Crippen LogP contribution in [0.5, 0.6) is 17.4 Å². The van der Waals surface area contributed by atoms with Crippen molar-refractivity contribution in [2.24, 2.45) is 0 Å². The lowest BCUT2D eigenvalue weighted by atomic mass is 10.3. The number of halogens is 1. The highest BCUT2D eigenvalue weighted by atomic mass is 79.9. The van der Waals surface area contributed by atoms with E-state index in [1.807, 2.05) is 41.1 Å². The van der Waals surface area contributed by atoms with Crippen molar-refractivity contribution in [1.29, 1.82) is 0 Å². The fraction of sp³-hybridized carbons (Fsp3) is 0.200. The van der Waals surface area contributed by atoms with Crippen molar-refractivity contribution in [1.82, 2.24) is 14.4 Å². The van der Waals surface area contributed by atoms with Crippen molar-refractivity contribution < 1.29 is 9.47 Å². The molecular formula is C15H14BrN3O2. The topological polar surface area (TPSA) is 48.7 Å². The number of fused-ring (bicyclic) bond motifs is 1. The third kappa shape index (κ3) is 3.00. The molecule has 3 rings (SSSR count). The van der Waals surface area contributed by atoms with Crippen LogP contribution < -0.4 is 9.47 Å². The summed E-state index contributed by atoms with van der Waals surface area (Å²) >= 11 is 3.37. The van der Waals surface area contributed by atoms with Crippen LogP contribution in [0.3, 0.4) is 0 Å². The van der Waals surface area contributed by atoms with Gasteiger partial charge in [-0.3, -0.25) is 4.40 Å². The molecule has 21 heavy (non-hydrogen) atoms. The number of para-hydroxylation sites is 2. The average Bonchev–Trinajstić information content (AvgIpc) is 2.94. The van der Waals surface area contributed by atoms with Gasteiger partial charge in [-0.1, -0.05) is 19.1 Å². The second-order valence-corrected chi connectivity index (χ2v) is 5.24.